The molecule has 0 aliphatic carbocycles. The minimum Gasteiger partial charge on any atom is -0.481 e. The highest BCUT2D eigenvalue weighted by Crippen LogP contribution is 2.19. The highest BCUT2D eigenvalue weighted by molar-refractivity contribution is 5.74. The Balaban J connectivity index is 1.78. The summed E-state index contributed by atoms with van der Waals surface area (Å²) in [7, 11) is 2.07. The lowest BCUT2D eigenvalue weighted by atomic mass is 9.95. The molecule has 1 unspecified atom stereocenters. The van der Waals surface area contributed by atoms with Gasteiger partial charge in [-0.3, -0.25) is 10.2 Å². The predicted octanol–water partition coefficient (Wildman–Crippen LogP) is 0.0451. The zero-order valence-corrected chi connectivity index (χ0v) is 12.0. The number of hydrogen-bond acceptors (Lipinski definition) is 4. The molecule has 20 heavy (non-hydrogen) atoms. The normalized spacial score (nSPS) is 25.4. The highest BCUT2D eigenvalue weighted by atomic mass is 16.4. The van der Waals surface area contributed by atoms with Crippen molar-refractivity contribution < 1.29 is 14.7 Å². The fraction of sp³-hybridized carbons (Fsp3) is 0.846. The quantitative estimate of drug-likeness (QED) is 0.765. The Hall–Kier alpha value is -1.34. The summed E-state index contributed by atoms with van der Waals surface area (Å²) in [6.07, 6.45) is 1.93. The Morgan fingerprint density at radius 3 is 2.55 bits per heavy atom. The van der Waals surface area contributed by atoms with E-state index in [9.17, 15) is 9.59 Å². The predicted molar refractivity (Wildman–Crippen MR) is 74.2 cm³/mol. The largest absolute Gasteiger partial charge is 0.481 e. The van der Waals surface area contributed by atoms with Crippen LogP contribution in [0.4, 0.5) is 4.79 Å². The molecule has 2 heterocycles. The van der Waals surface area contributed by atoms with Crippen molar-refractivity contribution in [2.24, 2.45) is 5.92 Å². The third kappa shape index (κ3) is 4.35. The number of likely N-dealkylation sites (N-methyl/N-ethyl adjacent to an activating group) is 1. The zero-order chi connectivity index (χ0) is 14.5. The van der Waals surface area contributed by atoms with E-state index in [1.54, 1.807) is 4.90 Å². The average molecular weight is 284 g/mol. The van der Waals surface area contributed by atoms with Crippen molar-refractivity contribution in [2.45, 2.75) is 19.3 Å². The standard InChI is InChI=1S/C13H24N4O3/c1-15-5-7-17(8-6-15)14-13(20)16-4-2-3-11(10-16)9-12(18)19/h11H,2-10H2,1H3,(H,14,20)(H,18,19). The summed E-state index contributed by atoms with van der Waals surface area (Å²) >= 11 is 0. The van der Waals surface area contributed by atoms with Crippen molar-refractivity contribution >= 4 is 12.0 Å². The first-order chi connectivity index (χ1) is 9.54. The van der Waals surface area contributed by atoms with Crippen molar-refractivity contribution in [3.8, 4) is 0 Å². The Bertz CT molecular complexity index is 356. The molecule has 2 fully saturated rings. The van der Waals surface area contributed by atoms with Gasteiger partial charge < -0.3 is 14.9 Å². The van der Waals surface area contributed by atoms with E-state index < -0.39 is 5.97 Å². The Morgan fingerprint density at radius 1 is 1.20 bits per heavy atom. The fourth-order valence-corrected chi connectivity index (χ4v) is 2.79. The van der Waals surface area contributed by atoms with Crippen LogP contribution in [0.3, 0.4) is 0 Å². The first-order valence-corrected chi connectivity index (χ1v) is 7.25. The molecule has 0 bridgehead atoms. The van der Waals surface area contributed by atoms with Gasteiger partial charge in [-0.05, 0) is 25.8 Å². The van der Waals surface area contributed by atoms with E-state index in [-0.39, 0.29) is 18.4 Å². The summed E-state index contributed by atoms with van der Waals surface area (Å²) in [5.41, 5.74) is 2.93. The molecule has 0 spiro atoms. The number of carboxylic acids is 1. The minimum absolute atomic E-state index is 0.0829. The van der Waals surface area contributed by atoms with Gasteiger partial charge in [0.1, 0.15) is 0 Å². The van der Waals surface area contributed by atoms with Gasteiger partial charge in [0.25, 0.3) is 0 Å². The van der Waals surface area contributed by atoms with Crippen molar-refractivity contribution in [3.05, 3.63) is 0 Å². The van der Waals surface area contributed by atoms with Crippen LogP contribution in [0, 0.1) is 5.92 Å². The third-order valence-corrected chi connectivity index (χ3v) is 4.03. The number of urea groups is 1. The monoisotopic (exact) mass is 284 g/mol. The summed E-state index contributed by atoms with van der Waals surface area (Å²) in [4.78, 5) is 26.9. The van der Waals surface area contributed by atoms with E-state index >= 15 is 0 Å². The van der Waals surface area contributed by atoms with Gasteiger partial charge >= 0.3 is 12.0 Å². The molecule has 2 saturated heterocycles. The summed E-state index contributed by atoms with van der Waals surface area (Å²) < 4.78 is 0. The number of hydrazine groups is 1. The van der Waals surface area contributed by atoms with Crippen LogP contribution < -0.4 is 5.43 Å². The first kappa shape index (κ1) is 15.1. The number of likely N-dealkylation sites (tertiary alicyclic amines) is 1. The van der Waals surface area contributed by atoms with E-state index in [0.717, 1.165) is 45.6 Å². The lowest BCUT2D eigenvalue weighted by molar-refractivity contribution is -0.138. The second-order valence-electron chi connectivity index (χ2n) is 5.76. The number of nitrogens with zero attached hydrogens (tertiary/aromatic N) is 3. The number of piperidine rings is 1. The van der Waals surface area contributed by atoms with Crippen LogP contribution in [-0.4, -0.2) is 78.2 Å². The molecular weight excluding hydrogens is 260 g/mol. The van der Waals surface area contributed by atoms with Crippen LogP contribution in [0.1, 0.15) is 19.3 Å². The molecule has 2 rings (SSSR count). The van der Waals surface area contributed by atoms with Gasteiger partial charge in [0.05, 0.1) is 0 Å². The molecule has 0 aromatic carbocycles. The van der Waals surface area contributed by atoms with Gasteiger partial charge in [-0.2, -0.15) is 0 Å². The topological polar surface area (TPSA) is 76.1 Å². The number of rotatable bonds is 3. The van der Waals surface area contributed by atoms with Crippen LogP contribution in [0.5, 0.6) is 0 Å². The number of piperazine rings is 1. The van der Waals surface area contributed by atoms with Gasteiger partial charge in [-0.1, -0.05) is 0 Å². The number of nitrogens with one attached hydrogen (secondary N) is 1. The molecule has 0 radical (unpaired) electrons. The molecule has 7 nitrogen and oxygen atoms in total. The van der Waals surface area contributed by atoms with E-state index in [1.807, 2.05) is 5.01 Å². The summed E-state index contributed by atoms with van der Waals surface area (Å²) in [5.74, 6) is -0.698. The maximum atomic E-state index is 12.2. The molecule has 1 atom stereocenters. The number of carbonyl (C=O) groups excluding carboxylic acids is 1. The van der Waals surface area contributed by atoms with Gasteiger partial charge in [-0.15, -0.1) is 0 Å². The maximum Gasteiger partial charge on any atom is 0.331 e. The lowest BCUT2D eigenvalue weighted by Gasteiger charge is -2.36. The Labute approximate surface area is 119 Å². The maximum absolute atomic E-state index is 12.2. The smallest absolute Gasteiger partial charge is 0.331 e. The minimum atomic E-state index is -0.781. The molecule has 2 amide bonds. The highest BCUT2D eigenvalue weighted by Gasteiger charge is 2.26. The molecular formula is C13H24N4O3. The molecule has 2 aliphatic rings. The molecule has 0 saturated carbocycles. The van der Waals surface area contributed by atoms with Crippen LogP contribution in [0.25, 0.3) is 0 Å². The second kappa shape index (κ2) is 6.90. The number of hydrogen-bond donors (Lipinski definition) is 2. The first-order valence-electron chi connectivity index (χ1n) is 7.25. The van der Waals surface area contributed by atoms with Crippen LogP contribution in [0.2, 0.25) is 0 Å². The third-order valence-electron chi connectivity index (χ3n) is 4.03. The van der Waals surface area contributed by atoms with Gasteiger partial charge in [0, 0.05) is 45.7 Å². The molecule has 2 aliphatic heterocycles. The number of amides is 2. The van der Waals surface area contributed by atoms with Crippen molar-refractivity contribution in [3.63, 3.8) is 0 Å². The lowest BCUT2D eigenvalue weighted by Crippen LogP contribution is -2.56. The molecule has 2 N–H and O–H groups in total. The van der Waals surface area contributed by atoms with Crippen molar-refractivity contribution in [1.29, 1.82) is 0 Å². The second-order valence-corrected chi connectivity index (χ2v) is 5.76. The van der Waals surface area contributed by atoms with Gasteiger partial charge in [-0.25, -0.2) is 9.80 Å². The summed E-state index contributed by atoms with van der Waals surface area (Å²) in [5, 5.41) is 10.8. The summed E-state index contributed by atoms with van der Waals surface area (Å²) in [6.45, 7) is 4.81. The molecule has 7 heteroatoms. The Kier molecular flexibility index (Phi) is 5.19. The van der Waals surface area contributed by atoms with Crippen LogP contribution in [-0.2, 0) is 4.79 Å². The molecule has 114 valence electrons. The van der Waals surface area contributed by atoms with Gasteiger partial charge in [0.15, 0.2) is 0 Å². The van der Waals surface area contributed by atoms with Crippen LogP contribution >= 0.6 is 0 Å². The van der Waals surface area contributed by atoms with Crippen molar-refractivity contribution in [1.82, 2.24) is 20.2 Å². The average Bonchev–Trinajstić information content (AvgIpc) is 2.41. The molecule has 0 aromatic heterocycles. The summed E-state index contributed by atoms with van der Waals surface area (Å²) in [6, 6.07) is -0.0929. The van der Waals surface area contributed by atoms with E-state index in [0.29, 0.717) is 6.54 Å². The van der Waals surface area contributed by atoms with Crippen molar-refractivity contribution in [2.75, 3.05) is 46.3 Å². The van der Waals surface area contributed by atoms with Crippen LogP contribution in [0.15, 0.2) is 0 Å². The van der Waals surface area contributed by atoms with E-state index in [4.69, 9.17) is 5.11 Å². The van der Waals surface area contributed by atoms with E-state index in [2.05, 4.69) is 17.4 Å². The Morgan fingerprint density at radius 2 is 1.90 bits per heavy atom. The SMILES string of the molecule is CN1CCN(NC(=O)N2CCCC(CC(=O)O)C2)CC1. The van der Waals surface area contributed by atoms with E-state index in [1.165, 1.54) is 0 Å². The molecule has 0 aromatic rings. The number of carbonyl (C=O) groups is 2. The fourth-order valence-electron chi connectivity index (χ4n) is 2.79. The number of carboxylic acid groups (broad SMARTS) is 1. The zero-order valence-electron chi connectivity index (χ0n) is 12.0. The number of aliphatic carboxylic acids is 1. The van der Waals surface area contributed by atoms with Gasteiger partial charge in [0.2, 0.25) is 0 Å².